The highest BCUT2D eigenvalue weighted by atomic mass is 35.5. The van der Waals surface area contributed by atoms with E-state index in [-0.39, 0.29) is 11.5 Å². The number of ether oxygens (including phenoxy) is 2. The number of hydrogen-bond acceptors (Lipinski definition) is 2. The Balaban J connectivity index is 3.17. The minimum Gasteiger partial charge on any atom is -0.493 e. The summed E-state index contributed by atoms with van der Waals surface area (Å²) in [4.78, 5) is 0. The van der Waals surface area contributed by atoms with Gasteiger partial charge < -0.3 is 9.47 Å². The average molecular weight is 305 g/mol. The minimum absolute atomic E-state index is 0.0172. The van der Waals surface area contributed by atoms with Gasteiger partial charge in [0.2, 0.25) is 0 Å². The Morgan fingerprint density at radius 2 is 1.53 bits per heavy atom. The molecule has 0 aliphatic rings. The summed E-state index contributed by atoms with van der Waals surface area (Å²) in [5.41, 5.74) is -0.415. The number of rotatable bonds is 4. The fourth-order valence-corrected chi connectivity index (χ4v) is 1.62. The average Bonchev–Trinajstić information content (AvgIpc) is 2.35. The maximum atomic E-state index is 13.1. The molecule has 0 aliphatic carbocycles. The van der Waals surface area contributed by atoms with Gasteiger partial charge in [0.1, 0.15) is 5.38 Å². The van der Waals surface area contributed by atoms with E-state index in [9.17, 15) is 22.0 Å². The molecule has 0 aliphatic heterocycles. The van der Waals surface area contributed by atoms with Crippen LogP contribution in [0.4, 0.5) is 22.0 Å². The second-order valence-corrected chi connectivity index (χ2v) is 4.03. The first-order valence-corrected chi connectivity index (χ1v) is 5.39. The lowest BCUT2D eigenvalue weighted by Crippen LogP contribution is -2.40. The summed E-state index contributed by atoms with van der Waals surface area (Å²) < 4.78 is 72.5. The Labute approximate surface area is 111 Å². The molecule has 0 radical (unpaired) electrons. The van der Waals surface area contributed by atoms with Gasteiger partial charge >= 0.3 is 12.1 Å². The van der Waals surface area contributed by atoms with Crippen molar-refractivity contribution in [3.63, 3.8) is 0 Å². The van der Waals surface area contributed by atoms with Gasteiger partial charge in [0.25, 0.3) is 0 Å². The lowest BCUT2D eigenvalue weighted by atomic mass is 10.1. The van der Waals surface area contributed by atoms with Crippen LogP contribution in [-0.2, 0) is 0 Å². The van der Waals surface area contributed by atoms with E-state index in [1.54, 1.807) is 0 Å². The van der Waals surface area contributed by atoms with Gasteiger partial charge in [-0.25, -0.2) is 0 Å². The van der Waals surface area contributed by atoms with Crippen molar-refractivity contribution in [1.29, 1.82) is 0 Å². The molecule has 1 atom stereocenters. The van der Waals surface area contributed by atoms with Crippen molar-refractivity contribution >= 4 is 11.6 Å². The summed E-state index contributed by atoms with van der Waals surface area (Å²) in [6.07, 6.45) is -5.73. The zero-order valence-electron chi connectivity index (χ0n) is 9.89. The molecule has 108 valence electrons. The normalized spacial score (nSPS) is 14.1. The minimum atomic E-state index is -5.73. The molecule has 1 rings (SSSR count). The van der Waals surface area contributed by atoms with Crippen LogP contribution in [0.15, 0.2) is 18.2 Å². The smallest absolute Gasteiger partial charge is 0.455 e. The van der Waals surface area contributed by atoms with Gasteiger partial charge in [-0.05, 0) is 17.7 Å². The highest BCUT2D eigenvalue weighted by molar-refractivity contribution is 6.21. The third kappa shape index (κ3) is 3.02. The summed E-state index contributed by atoms with van der Waals surface area (Å²) in [6, 6.07) is 3.21. The summed E-state index contributed by atoms with van der Waals surface area (Å²) in [6.45, 7) is 0. The largest absolute Gasteiger partial charge is 0.493 e. The van der Waals surface area contributed by atoms with Crippen LogP contribution in [0.2, 0.25) is 0 Å². The SMILES string of the molecule is COc1ccc(C(Cl)C(F)(F)C(F)(F)F)cc1OC. The summed E-state index contributed by atoms with van der Waals surface area (Å²) in [5, 5.41) is -2.55. The van der Waals surface area contributed by atoms with Crippen LogP contribution < -0.4 is 9.47 Å². The van der Waals surface area contributed by atoms with Crippen molar-refractivity contribution < 1.29 is 31.4 Å². The third-order valence-electron chi connectivity index (χ3n) is 2.40. The fraction of sp³-hybridized carbons (Fsp3) is 0.455. The lowest BCUT2D eigenvalue weighted by molar-refractivity contribution is -0.283. The van der Waals surface area contributed by atoms with E-state index in [1.165, 1.54) is 20.3 Å². The van der Waals surface area contributed by atoms with Gasteiger partial charge in [0, 0.05) is 0 Å². The Morgan fingerprint density at radius 1 is 1.00 bits per heavy atom. The van der Waals surface area contributed by atoms with Crippen LogP contribution >= 0.6 is 11.6 Å². The van der Waals surface area contributed by atoms with Crippen LogP contribution in [0, 0.1) is 0 Å². The quantitative estimate of drug-likeness (QED) is 0.613. The van der Waals surface area contributed by atoms with Crippen molar-refractivity contribution in [2.24, 2.45) is 0 Å². The van der Waals surface area contributed by atoms with Gasteiger partial charge in [0.05, 0.1) is 14.2 Å². The van der Waals surface area contributed by atoms with E-state index in [0.717, 1.165) is 12.1 Å². The number of methoxy groups -OCH3 is 2. The first-order chi connectivity index (χ1) is 8.65. The molecular formula is C11H10ClF5O2. The zero-order valence-corrected chi connectivity index (χ0v) is 10.6. The number of alkyl halides is 6. The summed E-state index contributed by atoms with van der Waals surface area (Å²) in [5.74, 6) is -4.83. The standard InChI is InChI=1S/C11H10ClF5O2/c1-18-7-4-3-6(5-8(7)19-2)9(12)10(13,14)11(15,16)17/h3-5,9H,1-2H3. The molecule has 0 saturated carbocycles. The van der Waals surface area contributed by atoms with Gasteiger partial charge in [0.15, 0.2) is 11.5 Å². The van der Waals surface area contributed by atoms with Crippen LogP contribution in [-0.4, -0.2) is 26.3 Å². The molecule has 0 bridgehead atoms. The molecule has 0 aromatic heterocycles. The number of halogens is 6. The van der Waals surface area contributed by atoms with Gasteiger partial charge in [-0.3, -0.25) is 0 Å². The van der Waals surface area contributed by atoms with E-state index < -0.39 is 23.0 Å². The second-order valence-electron chi connectivity index (χ2n) is 3.60. The molecule has 1 aromatic rings. The molecule has 0 amide bonds. The molecule has 0 fully saturated rings. The Bertz CT molecular complexity index is 447. The van der Waals surface area contributed by atoms with Gasteiger partial charge in [-0.15, -0.1) is 11.6 Å². The van der Waals surface area contributed by atoms with Crippen LogP contribution in [0.1, 0.15) is 10.9 Å². The Hall–Kier alpha value is -1.24. The number of benzene rings is 1. The number of hydrogen-bond donors (Lipinski definition) is 0. The molecule has 19 heavy (non-hydrogen) atoms. The monoisotopic (exact) mass is 304 g/mol. The molecular weight excluding hydrogens is 295 g/mol. The second kappa shape index (κ2) is 5.40. The molecule has 8 heteroatoms. The molecule has 2 nitrogen and oxygen atoms in total. The van der Waals surface area contributed by atoms with Crippen molar-refractivity contribution in [2.75, 3.05) is 14.2 Å². The molecule has 0 spiro atoms. The van der Waals surface area contributed by atoms with Crippen molar-refractivity contribution in [3.8, 4) is 11.5 Å². The predicted molar refractivity (Wildman–Crippen MR) is 59.1 cm³/mol. The van der Waals surface area contributed by atoms with Crippen LogP contribution in [0.3, 0.4) is 0 Å². The van der Waals surface area contributed by atoms with E-state index in [2.05, 4.69) is 0 Å². The molecule has 0 N–H and O–H groups in total. The van der Waals surface area contributed by atoms with Crippen molar-refractivity contribution in [1.82, 2.24) is 0 Å². The predicted octanol–water partition coefficient (Wildman–Crippen LogP) is 4.18. The molecule has 1 unspecified atom stereocenters. The molecule has 1 aromatic carbocycles. The fourth-order valence-electron chi connectivity index (χ4n) is 1.36. The third-order valence-corrected chi connectivity index (χ3v) is 2.92. The molecule has 0 heterocycles. The van der Waals surface area contributed by atoms with Crippen molar-refractivity contribution in [2.45, 2.75) is 17.5 Å². The Kier molecular flexibility index (Phi) is 4.50. The lowest BCUT2D eigenvalue weighted by Gasteiger charge is -2.24. The maximum Gasteiger partial charge on any atom is 0.455 e. The van der Waals surface area contributed by atoms with Crippen LogP contribution in [0.25, 0.3) is 0 Å². The first-order valence-electron chi connectivity index (χ1n) is 4.95. The topological polar surface area (TPSA) is 18.5 Å². The summed E-state index contributed by atoms with van der Waals surface area (Å²) >= 11 is 5.24. The van der Waals surface area contributed by atoms with E-state index in [1.807, 2.05) is 0 Å². The van der Waals surface area contributed by atoms with E-state index in [0.29, 0.717) is 0 Å². The Morgan fingerprint density at radius 3 is 1.95 bits per heavy atom. The zero-order chi connectivity index (χ0) is 14.8. The highest BCUT2D eigenvalue weighted by Crippen LogP contribution is 2.48. The van der Waals surface area contributed by atoms with E-state index in [4.69, 9.17) is 21.1 Å². The van der Waals surface area contributed by atoms with E-state index >= 15 is 0 Å². The van der Waals surface area contributed by atoms with Crippen LogP contribution in [0.5, 0.6) is 11.5 Å². The maximum absolute atomic E-state index is 13.1. The van der Waals surface area contributed by atoms with Gasteiger partial charge in [-0.1, -0.05) is 6.07 Å². The van der Waals surface area contributed by atoms with Crippen molar-refractivity contribution in [3.05, 3.63) is 23.8 Å². The highest BCUT2D eigenvalue weighted by Gasteiger charge is 2.62. The molecule has 0 saturated heterocycles. The first kappa shape index (κ1) is 15.8. The summed E-state index contributed by atoms with van der Waals surface area (Å²) in [7, 11) is 2.53. The van der Waals surface area contributed by atoms with Gasteiger partial charge in [-0.2, -0.15) is 22.0 Å².